The normalized spacial score (nSPS) is 14.2. The van der Waals surface area contributed by atoms with Gasteiger partial charge in [0.25, 0.3) is 5.91 Å². The van der Waals surface area contributed by atoms with Crippen molar-refractivity contribution in [1.82, 2.24) is 24.6 Å². The van der Waals surface area contributed by atoms with Gasteiger partial charge in [0, 0.05) is 44.5 Å². The van der Waals surface area contributed by atoms with Crippen molar-refractivity contribution in [2.45, 2.75) is 20.8 Å². The van der Waals surface area contributed by atoms with Gasteiger partial charge < -0.3 is 10.2 Å². The Kier molecular flexibility index (Phi) is 6.76. The van der Waals surface area contributed by atoms with Gasteiger partial charge in [-0.1, -0.05) is 42.5 Å². The molecule has 2 aromatic heterocycles. The molecule has 0 aliphatic carbocycles. The van der Waals surface area contributed by atoms with Crippen molar-refractivity contribution in [1.29, 1.82) is 0 Å². The zero-order valence-corrected chi connectivity index (χ0v) is 21.8. The van der Waals surface area contributed by atoms with Crippen molar-refractivity contribution in [2.75, 3.05) is 38.0 Å². The number of carbonyl (C=O) groups excluding carboxylic acids is 2. The molecule has 2 amide bonds. The quantitative estimate of drug-likeness (QED) is 0.452. The Bertz CT molecular complexity index is 1470. The molecule has 37 heavy (non-hydrogen) atoms. The first-order valence-electron chi connectivity index (χ1n) is 12.6. The van der Waals surface area contributed by atoms with E-state index < -0.39 is 0 Å². The SMILES string of the molecule is Cc1cccc(NC(=O)CN2CCN(C(=O)c3cc(-c4ccccc4)nc4c3c(C)nn4C)CC2)c1C. The van der Waals surface area contributed by atoms with E-state index in [0.717, 1.165) is 39.2 Å². The second-order valence-corrected chi connectivity index (χ2v) is 9.69. The number of benzene rings is 2. The van der Waals surface area contributed by atoms with Gasteiger partial charge in [-0.2, -0.15) is 5.10 Å². The lowest BCUT2D eigenvalue weighted by Gasteiger charge is -2.34. The maximum atomic E-state index is 13.8. The van der Waals surface area contributed by atoms with Gasteiger partial charge in [-0.15, -0.1) is 0 Å². The molecule has 1 aliphatic rings. The van der Waals surface area contributed by atoms with E-state index in [-0.39, 0.29) is 11.8 Å². The number of fused-ring (bicyclic) bond motifs is 1. The second-order valence-electron chi connectivity index (χ2n) is 9.69. The van der Waals surface area contributed by atoms with Crippen molar-refractivity contribution >= 4 is 28.5 Å². The molecular formula is C29H32N6O2. The van der Waals surface area contributed by atoms with Gasteiger partial charge >= 0.3 is 0 Å². The summed E-state index contributed by atoms with van der Waals surface area (Å²) < 4.78 is 1.74. The van der Waals surface area contributed by atoms with Gasteiger partial charge in [-0.25, -0.2) is 4.98 Å². The summed E-state index contributed by atoms with van der Waals surface area (Å²) in [7, 11) is 1.85. The number of carbonyl (C=O) groups is 2. The number of amides is 2. The molecule has 0 radical (unpaired) electrons. The molecule has 190 valence electrons. The van der Waals surface area contributed by atoms with E-state index in [1.165, 1.54) is 0 Å². The average molecular weight is 497 g/mol. The lowest BCUT2D eigenvalue weighted by molar-refractivity contribution is -0.117. The average Bonchev–Trinajstić information content (AvgIpc) is 3.20. The van der Waals surface area contributed by atoms with Crippen LogP contribution in [0.4, 0.5) is 5.69 Å². The number of anilines is 1. The molecule has 0 bridgehead atoms. The zero-order chi connectivity index (χ0) is 26.1. The highest BCUT2D eigenvalue weighted by Gasteiger charge is 2.27. The van der Waals surface area contributed by atoms with Crippen LogP contribution in [0.1, 0.15) is 27.2 Å². The first-order valence-corrected chi connectivity index (χ1v) is 12.6. The van der Waals surface area contributed by atoms with E-state index in [2.05, 4.69) is 15.3 Å². The Morgan fingerprint density at radius 2 is 1.68 bits per heavy atom. The molecule has 1 aliphatic heterocycles. The standard InChI is InChI=1S/C29H32N6O2/c1-19-9-8-12-24(20(19)2)30-26(36)18-34-13-15-35(16-14-34)29(37)23-17-25(22-10-6-5-7-11-22)31-28-27(23)21(3)32-33(28)4/h5-12,17H,13-16,18H2,1-4H3,(H,30,36). The van der Waals surface area contributed by atoms with Crippen molar-refractivity contribution in [3.8, 4) is 11.3 Å². The van der Waals surface area contributed by atoms with E-state index in [1.54, 1.807) is 4.68 Å². The topological polar surface area (TPSA) is 83.4 Å². The third-order valence-corrected chi connectivity index (χ3v) is 7.17. The highest BCUT2D eigenvalue weighted by molar-refractivity contribution is 6.07. The first-order chi connectivity index (χ1) is 17.8. The number of pyridine rings is 1. The summed E-state index contributed by atoms with van der Waals surface area (Å²) in [6, 6.07) is 17.7. The second kappa shape index (κ2) is 10.1. The molecule has 1 fully saturated rings. The molecule has 8 nitrogen and oxygen atoms in total. The Morgan fingerprint density at radius 3 is 2.41 bits per heavy atom. The molecule has 0 saturated carbocycles. The minimum absolute atomic E-state index is 0.0276. The molecule has 3 heterocycles. The number of aryl methyl sites for hydroxylation is 3. The molecule has 0 atom stereocenters. The maximum Gasteiger partial charge on any atom is 0.254 e. The molecular weight excluding hydrogens is 464 g/mol. The lowest BCUT2D eigenvalue weighted by Crippen LogP contribution is -2.50. The van der Waals surface area contributed by atoms with Gasteiger partial charge in [-0.05, 0) is 44.0 Å². The van der Waals surface area contributed by atoms with Gasteiger partial charge in [0.15, 0.2) is 5.65 Å². The van der Waals surface area contributed by atoms with Crippen LogP contribution in [-0.2, 0) is 11.8 Å². The Balaban J connectivity index is 1.30. The van der Waals surface area contributed by atoms with E-state index in [0.29, 0.717) is 43.9 Å². The molecule has 5 rings (SSSR count). The minimum Gasteiger partial charge on any atom is -0.336 e. The van der Waals surface area contributed by atoms with Crippen LogP contribution < -0.4 is 5.32 Å². The molecule has 1 N–H and O–H groups in total. The molecule has 0 spiro atoms. The Hall–Kier alpha value is -4.04. The van der Waals surface area contributed by atoms with Gasteiger partial charge in [-0.3, -0.25) is 19.2 Å². The van der Waals surface area contributed by atoms with Crippen LogP contribution in [0.3, 0.4) is 0 Å². The molecule has 2 aromatic carbocycles. The molecule has 4 aromatic rings. The summed E-state index contributed by atoms with van der Waals surface area (Å²) in [5.41, 5.74) is 6.89. The van der Waals surface area contributed by atoms with Crippen LogP contribution in [0.25, 0.3) is 22.3 Å². The van der Waals surface area contributed by atoms with Crippen molar-refractivity contribution in [3.63, 3.8) is 0 Å². The summed E-state index contributed by atoms with van der Waals surface area (Å²) >= 11 is 0. The number of nitrogens with zero attached hydrogens (tertiary/aromatic N) is 5. The van der Waals surface area contributed by atoms with Crippen LogP contribution in [0, 0.1) is 20.8 Å². The van der Waals surface area contributed by atoms with Crippen LogP contribution in [0.15, 0.2) is 54.6 Å². The number of nitrogens with one attached hydrogen (secondary N) is 1. The van der Waals surface area contributed by atoms with Crippen LogP contribution in [0.5, 0.6) is 0 Å². The summed E-state index contributed by atoms with van der Waals surface area (Å²) in [4.78, 5) is 35.2. The first kappa shape index (κ1) is 24.6. The fourth-order valence-electron chi connectivity index (χ4n) is 4.93. The van der Waals surface area contributed by atoms with Crippen LogP contribution in [-0.4, -0.2) is 69.1 Å². The number of piperazine rings is 1. The third kappa shape index (κ3) is 4.97. The van der Waals surface area contributed by atoms with E-state index >= 15 is 0 Å². The molecule has 8 heteroatoms. The predicted octanol–water partition coefficient (Wildman–Crippen LogP) is 3.96. The number of hydrogen-bond donors (Lipinski definition) is 1. The maximum absolute atomic E-state index is 13.8. The Labute approximate surface area is 216 Å². The predicted molar refractivity (Wildman–Crippen MR) is 146 cm³/mol. The fraction of sp³-hybridized carbons (Fsp3) is 0.310. The lowest BCUT2D eigenvalue weighted by atomic mass is 10.0. The van der Waals surface area contributed by atoms with E-state index in [4.69, 9.17) is 4.98 Å². The van der Waals surface area contributed by atoms with Gasteiger partial charge in [0.05, 0.1) is 28.9 Å². The van der Waals surface area contributed by atoms with Crippen molar-refractivity contribution in [2.24, 2.45) is 7.05 Å². The van der Waals surface area contributed by atoms with Crippen LogP contribution >= 0.6 is 0 Å². The van der Waals surface area contributed by atoms with Gasteiger partial charge in [0.1, 0.15) is 0 Å². The number of hydrogen-bond acceptors (Lipinski definition) is 5. The van der Waals surface area contributed by atoms with Crippen molar-refractivity contribution < 1.29 is 9.59 Å². The summed E-state index contributed by atoms with van der Waals surface area (Å²) in [6.07, 6.45) is 0. The largest absolute Gasteiger partial charge is 0.336 e. The van der Waals surface area contributed by atoms with E-state index in [1.807, 2.05) is 87.3 Å². The third-order valence-electron chi connectivity index (χ3n) is 7.17. The van der Waals surface area contributed by atoms with Gasteiger partial charge in [0.2, 0.25) is 5.91 Å². The molecule has 1 saturated heterocycles. The summed E-state index contributed by atoms with van der Waals surface area (Å²) in [5.74, 6) is -0.0667. The highest BCUT2D eigenvalue weighted by Crippen LogP contribution is 2.28. The van der Waals surface area contributed by atoms with E-state index in [9.17, 15) is 9.59 Å². The summed E-state index contributed by atoms with van der Waals surface area (Å²) in [5, 5.41) is 8.36. The fourth-order valence-corrected chi connectivity index (χ4v) is 4.93. The Morgan fingerprint density at radius 1 is 0.946 bits per heavy atom. The smallest absolute Gasteiger partial charge is 0.254 e. The summed E-state index contributed by atoms with van der Waals surface area (Å²) in [6.45, 7) is 8.64. The minimum atomic E-state index is -0.0391. The zero-order valence-electron chi connectivity index (χ0n) is 21.8. The number of rotatable bonds is 5. The monoisotopic (exact) mass is 496 g/mol. The molecule has 0 unspecified atom stereocenters. The van der Waals surface area contributed by atoms with Crippen molar-refractivity contribution in [3.05, 3.63) is 77.0 Å². The van der Waals surface area contributed by atoms with Crippen LogP contribution in [0.2, 0.25) is 0 Å². The highest BCUT2D eigenvalue weighted by atomic mass is 16.2. The number of aromatic nitrogens is 3.